The number of carbonyl (C=O) groups is 1. The van der Waals surface area contributed by atoms with E-state index in [2.05, 4.69) is 15.6 Å². The molecule has 1 unspecified atom stereocenters. The van der Waals surface area contributed by atoms with Gasteiger partial charge in [0.15, 0.2) is 5.11 Å². The minimum Gasteiger partial charge on any atom is -0.360 e. The molecule has 27 heavy (non-hydrogen) atoms. The van der Waals surface area contributed by atoms with Gasteiger partial charge in [-0.1, -0.05) is 18.2 Å². The molecule has 2 aromatic rings. The molecule has 1 amide bonds. The summed E-state index contributed by atoms with van der Waals surface area (Å²) < 4.78 is 53.4. The monoisotopic (exact) mass is 397 g/mol. The predicted octanol–water partition coefficient (Wildman–Crippen LogP) is 3.52. The van der Waals surface area contributed by atoms with Crippen molar-refractivity contribution in [1.29, 1.82) is 0 Å². The van der Waals surface area contributed by atoms with Crippen LogP contribution in [0.3, 0.4) is 0 Å². The summed E-state index contributed by atoms with van der Waals surface area (Å²) in [7, 11) is 0. The Balaban J connectivity index is 1.96. The Hall–Kier alpha value is -2.55. The predicted molar refractivity (Wildman–Crippen MR) is 94.4 cm³/mol. The van der Waals surface area contributed by atoms with E-state index in [1.807, 2.05) is 0 Å². The number of halogens is 4. The number of pyridine rings is 1. The summed E-state index contributed by atoms with van der Waals surface area (Å²) in [6.07, 6.45) is -1.83. The molecule has 1 heterocycles. The Bertz CT molecular complexity index is 868. The molecule has 2 N–H and O–H groups in total. The molecule has 0 spiro atoms. The number of nitrogens with zero attached hydrogens (tertiary/aromatic N) is 1. The second-order valence-corrected chi connectivity index (χ2v) is 6.57. The zero-order chi connectivity index (χ0) is 19.6. The Morgan fingerprint density at radius 3 is 2.56 bits per heavy atom. The van der Waals surface area contributed by atoms with Gasteiger partial charge in [-0.25, -0.2) is 4.39 Å². The van der Waals surface area contributed by atoms with Gasteiger partial charge in [0.2, 0.25) is 5.91 Å². The molecule has 9 heteroatoms. The number of alkyl halides is 3. The van der Waals surface area contributed by atoms with Crippen molar-refractivity contribution in [1.82, 2.24) is 15.6 Å². The molecule has 1 aromatic carbocycles. The van der Waals surface area contributed by atoms with E-state index in [-0.39, 0.29) is 22.4 Å². The molecule has 1 atom stereocenters. The maximum atomic E-state index is 14.3. The fourth-order valence-electron chi connectivity index (χ4n) is 2.56. The van der Waals surface area contributed by atoms with Crippen LogP contribution in [0.1, 0.15) is 35.6 Å². The fourth-order valence-corrected chi connectivity index (χ4v) is 2.83. The number of hydrogen-bond donors (Lipinski definition) is 2. The van der Waals surface area contributed by atoms with Crippen molar-refractivity contribution in [3.63, 3.8) is 0 Å². The molecule has 1 fully saturated rings. The first kappa shape index (κ1) is 19.2. The number of thiocarbonyl (C=S) groups is 1. The summed E-state index contributed by atoms with van der Waals surface area (Å²) in [6, 6.07) is 7.09. The molecule has 0 saturated heterocycles. The fraction of sp³-hybridized carbons (Fsp3) is 0.278. The number of carbonyl (C=O) groups excluding carboxylic acids is 1. The molecule has 1 aromatic heterocycles. The molecule has 3 rings (SSSR count). The van der Waals surface area contributed by atoms with Gasteiger partial charge in [0.25, 0.3) is 0 Å². The Kier molecular flexibility index (Phi) is 5.41. The zero-order valence-corrected chi connectivity index (χ0v) is 14.7. The molecule has 142 valence electrons. The Labute approximate surface area is 158 Å². The van der Waals surface area contributed by atoms with Crippen molar-refractivity contribution in [3.05, 3.63) is 65.2 Å². The molecule has 1 saturated carbocycles. The summed E-state index contributed by atoms with van der Waals surface area (Å²) in [4.78, 5) is 16.6. The van der Waals surface area contributed by atoms with Crippen LogP contribution in [0.15, 0.2) is 42.6 Å². The number of nitrogens with one attached hydrogen (secondary N) is 2. The van der Waals surface area contributed by atoms with Crippen molar-refractivity contribution in [3.8, 4) is 0 Å². The lowest BCUT2D eigenvalue weighted by Gasteiger charge is -2.19. The third-order valence-electron chi connectivity index (χ3n) is 4.03. The SMILES string of the molecule is O=C(NC(=S)NC1CC1)C(c1cc(C(F)(F)F)ccn1)c1ccccc1F. The van der Waals surface area contributed by atoms with Crippen molar-refractivity contribution < 1.29 is 22.4 Å². The third kappa shape index (κ3) is 4.79. The lowest BCUT2D eigenvalue weighted by atomic mass is 9.93. The average molecular weight is 397 g/mol. The van der Waals surface area contributed by atoms with Gasteiger partial charge in [0, 0.05) is 17.8 Å². The first-order chi connectivity index (χ1) is 12.8. The Morgan fingerprint density at radius 1 is 1.22 bits per heavy atom. The topological polar surface area (TPSA) is 54.0 Å². The summed E-state index contributed by atoms with van der Waals surface area (Å²) in [5.74, 6) is -2.87. The first-order valence-corrected chi connectivity index (χ1v) is 8.55. The van der Waals surface area contributed by atoms with Crippen LogP contribution < -0.4 is 10.6 Å². The molecular weight excluding hydrogens is 382 g/mol. The van der Waals surface area contributed by atoms with Gasteiger partial charge in [-0.2, -0.15) is 13.2 Å². The number of rotatable bonds is 4. The standard InChI is InChI=1S/C18H15F4N3OS/c19-13-4-2-1-3-12(13)15(16(26)25-17(27)24-11-5-6-11)14-9-10(7-8-23-14)18(20,21)22/h1-4,7-9,11,15H,5-6H2,(H2,24,25,26,27). The van der Waals surface area contributed by atoms with E-state index in [1.54, 1.807) is 0 Å². The maximum Gasteiger partial charge on any atom is 0.416 e. The maximum absolute atomic E-state index is 14.3. The van der Waals surface area contributed by atoms with Crippen LogP contribution in [0.5, 0.6) is 0 Å². The minimum atomic E-state index is -4.61. The van der Waals surface area contributed by atoms with E-state index in [4.69, 9.17) is 12.2 Å². The van der Waals surface area contributed by atoms with Crippen LogP contribution in [0.2, 0.25) is 0 Å². The van der Waals surface area contributed by atoms with Crippen LogP contribution >= 0.6 is 12.2 Å². The van der Waals surface area contributed by atoms with Gasteiger partial charge in [0.05, 0.1) is 11.3 Å². The van der Waals surface area contributed by atoms with Gasteiger partial charge < -0.3 is 10.6 Å². The van der Waals surface area contributed by atoms with Crippen molar-refractivity contribution >= 4 is 23.2 Å². The van der Waals surface area contributed by atoms with E-state index in [0.717, 1.165) is 37.2 Å². The van der Waals surface area contributed by atoms with Crippen molar-refractivity contribution in [2.45, 2.75) is 31.0 Å². The highest BCUT2D eigenvalue weighted by Crippen LogP contribution is 2.32. The second-order valence-electron chi connectivity index (χ2n) is 6.16. The highest BCUT2D eigenvalue weighted by atomic mass is 32.1. The highest BCUT2D eigenvalue weighted by molar-refractivity contribution is 7.80. The summed E-state index contributed by atoms with van der Waals surface area (Å²) in [5.41, 5.74) is -1.28. The summed E-state index contributed by atoms with van der Waals surface area (Å²) in [6.45, 7) is 0. The summed E-state index contributed by atoms with van der Waals surface area (Å²) in [5, 5.41) is 5.38. The number of amides is 1. The van der Waals surface area contributed by atoms with Crippen LogP contribution in [0.25, 0.3) is 0 Å². The molecule has 0 radical (unpaired) electrons. The van der Waals surface area contributed by atoms with E-state index >= 15 is 0 Å². The van der Waals surface area contributed by atoms with E-state index in [9.17, 15) is 22.4 Å². The van der Waals surface area contributed by atoms with Crippen molar-refractivity contribution in [2.75, 3.05) is 0 Å². The van der Waals surface area contributed by atoms with Crippen LogP contribution in [-0.2, 0) is 11.0 Å². The van der Waals surface area contributed by atoms with Gasteiger partial charge in [-0.05, 0) is 43.3 Å². The highest BCUT2D eigenvalue weighted by Gasteiger charge is 2.34. The van der Waals surface area contributed by atoms with Crippen LogP contribution in [0.4, 0.5) is 17.6 Å². The van der Waals surface area contributed by atoms with E-state index in [0.29, 0.717) is 0 Å². The normalized spacial score (nSPS) is 15.1. The second kappa shape index (κ2) is 7.59. The summed E-state index contributed by atoms with van der Waals surface area (Å²) >= 11 is 5.05. The molecule has 0 bridgehead atoms. The average Bonchev–Trinajstić information content (AvgIpc) is 3.40. The molecule has 1 aliphatic rings. The number of hydrogen-bond acceptors (Lipinski definition) is 3. The minimum absolute atomic E-state index is 0.0517. The number of aromatic nitrogens is 1. The van der Waals surface area contributed by atoms with Gasteiger partial charge in [-0.3, -0.25) is 9.78 Å². The molecule has 4 nitrogen and oxygen atoms in total. The molecule has 0 aliphatic heterocycles. The van der Waals surface area contributed by atoms with E-state index in [1.165, 1.54) is 18.2 Å². The van der Waals surface area contributed by atoms with Gasteiger partial charge in [0.1, 0.15) is 11.7 Å². The third-order valence-corrected chi connectivity index (χ3v) is 4.25. The lowest BCUT2D eigenvalue weighted by molar-refractivity contribution is -0.137. The van der Waals surface area contributed by atoms with Crippen molar-refractivity contribution in [2.24, 2.45) is 0 Å². The Morgan fingerprint density at radius 2 is 1.93 bits per heavy atom. The van der Waals surface area contributed by atoms with Crippen LogP contribution in [0, 0.1) is 5.82 Å². The largest absolute Gasteiger partial charge is 0.416 e. The zero-order valence-electron chi connectivity index (χ0n) is 13.9. The van der Waals surface area contributed by atoms with Gasteiger partial charge in [-0.15, -0.1) is 0 Å². The molecular formula is C18H15F4N3OS. The quantitative estimate of drug-likeness (QED) is 0.612. The smallest absolute Gasteiger partial charge is 0.360 e. The number of benzene rings is 1. The lowest BCUT2D eigenvalue weighted by Crippen LogP contribution is -2.43. The van der Waals surface area contributed by atoms with E-state index < -0.39 is 29.4 Å². The van der Waals surface area contributed by atoms with Gasteiger partial charge >= 0.3 is 6.18 Å². The molecule has 1 aliphatic carbocycles. The van der Waals surface area contributed by atoms with Crippen LogP contribution in [-0.4, -0.2) is 22.0 Å². The first-order valence-electron chi connectivity index (χ1n) is 8.14.